The Bertz CT molecular complexity index is 696. The van der Waals surface area contributed by atoms with E-state index in [4.69, 9.17) is 0 Å². The number of nitrogens with zero attached hydrogens (tertiary/aromatic N) is 1. The van der Waals surface area contributed by atoms with Crippen molar-refractivity contribution in [2.24, 2.45) is 0 Å². The molecule has 2 N–H and O–H groups in total. The van der Waals surface area contributed by atoms with Crippen LogP contribution in [-0.4, -0.2) is 26.5 Å². The molecule has 0 aliphatic carbocycles. The second-order valence-corrected chi connectivity index (χ2v) is 7.11. The third-order valence-corrected chi connectivity index (χ3v) is 5.35. The molecule has 2 heterocycles. The van der Waals surface area contributed by atoms with Crippen LogP contribution < -0.4 is 10.0 Å². The van der Waals surface area contributed by atoms with Crippen LogP contribution in [0.3, 0.4) is 0 Å². The molecular formula is C13H15N3O2S2. The molecule has 0 bridgehead atoms. The van der Waals surface area contributed by atoms with Gasteiger partial charge in [-0.3, -0.25) is 0 Å². The number of sulfonamides is 1. The highest BCUT2D eigenvalue weighted by molar-refractivity contribution is 7.89. The molecule has 1 aliphatic heterocycles. The van der Waals surface area contributed by atoms with Gasteiger partial charge in [0, 0.05) is 30.6 Å². The van der Waals surface area contributed by atoms with Crippen LogP contribution in [0.1, 0.15) is 11.3 Å². The summed E-state index contributed by atoms with van der Waals surface area (Å²) in [6.45, 7) is 1.23. The topological polar surface area (TPSA) is 71.1 Å². The first-order valence-electron chi connectivity index (χ1n) is 6.39. The van der Waals surface area contributed by atoms with Gasteiger partial charge in [0.15, 0.2) is 0 Å². The van der Waals surface area contributed by atoms with E-state index >= 15 is 0 Å². The molecule has 0 amide bonds. The summed E-state index contributed by atoms with van der Waals surface area (Å²) < 4.78 is 27.0. The number of thiazole rings is 1. The first-order chi connectivity index (χ1) is 9.65. The molecule has 1 aromatic carbocycles. The van der Waals surface area contributed by atoms with Crippen LogP contribution in [-0.2, 0) is 22.9 Å². The Hall–Kier alpha value is -1.44. The number of nitrogens with one attached hydrogen (secondary N) is 2. The molecule has 3 rings (SSSR count). The molecule has 106 valence electrons. The van der Waals surface area contributed by atoms with E-state index in [0.717, 1.165) is 29.9 Å². The van der Waals surface area contributed by atoms with Crippen LogP contribution in [0.2, 0.25) is 0 Å². The standard InChI is InChI=1S/C13H15N3O2S2/c17-20(18,16-6-4-11-8-19-9-15-11)12-1-2-13-10(7-12)3-5-14-13/h1-2,7-9,14,16H,3-6H2. The van der Waals surface area contributed by atoms with Gasteiger partial charge in [0.05, 0.1) is 16.1 Å². The highest BCUT2D eigenvalue weighted by atomic mass is 32.2. The zero-order valence-electron chi connectivity index (χ0n) is 10.8. The summed E-state index contributed by atoms with van der Waals surface area (Å²) in [5.74, 6) is 0. The SMILES string of the molecule is O=S(=O)(NCCc1cscn1)c1ccc2c(c1)CCN2. The van der Waals surface area contributed by atoms with Gasteiger partial charge in [-0.05, 0) is 30.2 Å². The van der Waals surface area contributed by atoms with Crippen LogP contribution in [0.5, 0.6) is 0 Å². The largest absolute Gasteiger partial charge is 0.384 e. The fraction of sp³-hybridized carbons (Fsp3) is 0.308. The maximum Gasteiger partial charge on any atom is 0.240 e. The summed E-state index contributed by atoms with van der Waals surface area (Å²) in [5, 5.41) is 5.14. The van der Waals surface area contributed by atoms with Crippen LogP contribution in [0.15, 0.2) is 34.0 Å². The summed E-state index contributed by atoms with van der Waals surface area (Å²) in [4.78, 5) is 4.46. The number of anilines is 1. The molecule has 0 spiro atoms. The molecule has 20 heavy (non-hydrogen) atoms. The van der Waals surface area contributed by atoms with Crippen LogP contribution in [0, 0.1) is 0 Å². The molecule has 0 atom stereocenters. The monoisotopic (exact) mass is 309 g/mol. The van der Waals surface area contributed by atoms with Gasteiger partial charge in [0.25, 0.3) is 0 Å². The Morgan fingerprint density at radius 2 is 2.30 bits per heavy atom. The van der Waals surface area contributed by atoms with E-state index in [1.54, 1.807) is 17.6 Å². The van der Waals surface area contributed by atoms with Crippen LogP contribution >= 0.6 is 11.3 Å². The lowest BCUT2D eigenvalue weighted by Gasteiger charge is -2.07. The molecule has 0 saturated heterocycles. The minimum atomic E-state index is -3.44. The Morgan fingerprint density at radius 3 is 3.10 bits per heavy atom. The molecule has 7 heteroatoms. The van der Waals surface area contributed by atoms with E-state index in [0.29, 0.717) is 17.9 Å². The zero-order valence-corrected chi connectivity index (χ0v) is 12.4. The second kappa shape index (κ2) is 5.51. The molecule has 0 fully saturated rings. The predicted octanol–water partition coefficient (Wildman–Crippen LogP) is 1.63. The van der Waals surface area contributed by atoms with E-state index in [-0.39, 0.29) is 0 Å². The van der Waals surface area contributed by atoms with Crippen molar-refractivity contribution in [3.63, 3.8) is 0 Å². The van der Waals surface area contributed by atoms with Crippen LogP contribution in [0.25, 0.3) is 0 Å². The lowest BCUT2D eigenvalue weighted by molar-refractivity contribution is 0.581. The smallest absolute Gasteiger partial charge is 0.240 e. The molecule has 1 aromatic heterocycles. The van der Waals surface area contributed by atoms with Gasteiger partial charge in [-0.15, -0.1) is 11.3 Å². The number of hydrogen-bond donors (Lipinski definition) is 2. The highest BCUT2D eigenvalue weighted by Gasteiger charge is 2.17. The third kappa shape index (κ3) is 2.84. The summed E-state index contributed by atoms with van der Waals surface area (Å²) in [5.41, 5.74) is 4.76. The van der Waals surface area contributed by atoms with E-state index in [1.165, 1.54) is 11.3 Å². The number of hydrogen-bond acceptors (Lipinski definition) is 5. The van der Waals surface area contributed by atoms with Crippen molar-refractivity contribution in [2.45, 2.75) is 17.7 Å². The third-order valence-electron chi connectivity index (χ3n) is 3.25. The average molecular weight is 309 g/mol. The normalized spacial score (nSPS) is 14.0. The molecule has 0 radical (unpaired) electrons. The number of benzene rings is 1. The fourth-order valence-electron chi connectivity index (χ4n) is 2.21. The number of aromatic nitrogens is 1. The number of fused-ring (bicyclic) bond motifs is 1. The Morgan fingerprint density at radius 1 is 1.40 bits per heavy atom. The lowest BCUT2D eigenvalue weighted by Crippen LogP contribution is -2.26. The quantitative estimate of drug-likeness (QED) is 0.881. The minimum Gasteiger partial charge on any atom is -0.384 e. The van der Waals surface area contributed by atoms with Gasteiger partial charge in [-0.1, -0.05) is 0 Å². The van der Waals surface area contributed by atoms with Gasteiger partial charge in [-0.25, -0.2) is 18.1 Å². The molecule has 0 unspecified atom stereocenters. The summed E-state index contributed by atoms with van der Waals surface area (Å²) in [6.07, 6.45) is 1.48. The van der Waals surface area contributed by atoms with Crippen molar-refractivity contribution in [2.75, 3.05) is 18.4 Å². The van der Waals surface area contributed by atoms with Gasteiger partial charge in [0.1, 0.15) is 0 Å². The van der Waals surface area contributed by atoms with Crippen LogP contribution in [0.4, 0.5) is 5.69 Å². The number of rotatable bonds is 5. The first kappa shape index (κ1) is 13.5. The zero-order chi connectivity index (χ0) is 14.0. The van der Waals surface area contributed by atoms with E-state index < -0.39 is 10.0 Å². The van der Waals surface area contributed by atoms with Gasteiger partial charge < -0.3 is 5.32 Å². The summed E-state index contributed by atoms with van der Waals surface area (Å²) in [7, 11) is -3.44. The van der Waals surface area contributed by atoms with E-state index in [9.17, 15) is 8.42 Å². The lowest BCUT2D eigenvalue weighted by atomic mass is 10.2. The molecule has 5 nitrogen and oxygen atoms in total. The van der Waals surface area contributed by atoms with Crippen molar-refractivity contribution in [3.05, 3.63) is 40.3 Å². The molecule has 2 aromatic rings. The fourth-order valence-corrected chi connectivity index (χ4v) is 3.88. The molecule has 1 aliphatic rings. The van der Waals surface area contributed by atoms with Gasteiger partial charge in [0.2, 0.25) is 10.0 Å². The average Bonchev–Trinajstić information content (AvgIpc) is 3.08. The molecular weight excluding hydrogens is 294 g/mol. The predicted molar refractivity (Wildman–Crippen MR) is 79.6 cm³/mol. The van der Waals surface area contributed by atoms with Crippen molar-refractivity contribution in [1.29, 1.82) is 0 Å². The Kier molecular flexibility index (Phi) is 3.73. The van der Waals surface area contributed by atoms with Gasteiger partial charge in [-0.2, -0.15) is 0 Å². The minimum absolute atomic E-state index is 0.332. The van der Waals surface area contributed by atoms with Gasteiger partial charge >= 0.3 is 0 Å². The Labute approximate surface area is 122 Å². The summed E-state index contributed by atoms with van der Waals surface area (Å²) >= 11 is 1.51. The van der Waals surface area contributed by atoms with Crippen molar-refractivity contribution in [1.82, 2.24) is 9.71 Å². The van der Waals surface area contributed by atoms with E-state index in [1.807, 2.05) is 11.4 Å². The second-order valence-electron chi connectivity index (χ2n) is 4.62. The maximum atomic E-state index is 12.2. The first-order valence-corrected chi connectivity index (χ1v) is 8.81. The molecule has 0 saturated carbocycles. The van der Waals surface area contributed by atoms with Crippen molar-refractivity contribution >= 4 is 27.0 Å². The summed E-state index contributed by atoms with van der Waals surface area (Å²) in [6, 6.07) is 5.22. The Balaban J connectivity index is 1.68. The maximum absolute atomic E-state index is 12.2. The van der Waals surface area contributed by atoms with Crippen molar-refractivity contribution < 1.29 is 8.42 Å². The highest BCUT2D eigenvalue weighted by Crippen LogP contribution is 2.24. The van der Waals surface area contributed by atoms with E-state index in [2.05, 4.69) is 15.0 Å². The van der Waals surface area contributed by atoms with Crippen molar-refractivity contribution in [3.8, 4) is 0 Å².